The summed E-state index contributed by atoms with van der Waals surface area (Å²) in [5.74, 6) is -1.53. The molecule has 140 valence electrons. The van der Waals surface area contributed by atoms with Crippen molar-refractivity contribution in [1.29, 1.82) is 0 Å². The van der Waals surface area contributed by atoms with E-state index in [0.717, 1.165) is 6.20 Å². The van der Waals surface area contributed by atoms with Crippen molar-refractivity contribution in [3.05, 3.63) is 38.2 Å². The number of ether oxygens (including phenoxy) is 2. The highest BCUT2D eigenvalue weighted by molar-refractivity contribution is 6.48. The molecule has 1 aliphatic heterocycles. The highest BCUT2D eigenvalue weighted by Crippen LogP contribution is 2.31. The molecular formula is C15H14Cl3N3O5. The van der Waals surface area contributed by atoms with Crippen LogP contribution in [0.2, 0.25) is 15.1 Å². The molecule has 0 bridgehead atoms. The summed E-state index contributed by atoms with van der Waals surface area (Å²) in [4.78, 5) is 39.7. The maximum Gasteiger partial charge on any atom is 0.358 e. The van der Waals surface area contributed by atoms with Crippen molar-refractivity contribution in [1.82, 2.24) is 15.6 Å². The Bertz CT molecular complexity index is 797. The first-order valence-corrected chi connectivity index (χ1v) is 8.53. The van der Waals surface area contributed by atoms with Gasteiger partial charge in [0, 0.05) is 6.20 Å². The highest BCUT2D eigenvalue weighted by atomic mass is 35.5. The van der Waals surface area contributed by atoms with Crippen LogP contribution in [0, 0.1) is 0 Å². The van der Waals surface area contributed by atoms with E-state index >= 15 is 0 Å². The molecule has 2 rings (SSSR count). The molecule has 0 unspecified atom stereocenters. The molecule has 2 amide bonds. The summed E-state index contributed by atoms with van der Waals surface area (Å²) in [6.07, 6.45) is 1.16. The van der Waals surface area contributed by atoms with Gasteiger partial charge < -0.3 is 20.1 Å². The van der Waals surface area contributed by atoms with E-state index in [2.05, 4.69) is 15.6 Å². The number of pyridine rings is 1. The molecule has 1 aliphatic rings. The lowest BCUT2D eigenvalue weighted by Crippen LogP contribution is -2.50. The van der Waals surface area contributed by atoms with Crippen LogP contribution in [0.1, 0.15) is 24.3 Å². The number of aromatic nitrogens is 1. The summed E-state index contributed by atoms with van der Waals surface area (Å²) in [7, 11) is 0. The zero-order valence-corrected chi connectivity index (χ0v) is 16.0. The molecule has 0 aliphatic carbocycles. The number of rotatable bonds is 5. The van der Waals surface area contributed by atoms with Gasteiger partial charge in [-0.1, -0.05) is 34.8 Å². The Morgan fingerprint density at radius 1 is 1.19 bits per heavy atom. The summed E-state index contributed by atoms with van der Waals surface area (Å²) >= 11 is 17.6. The fourth-order valence-electron chi connectivity index (χ4n) is 2.19. The zero-order chi connectivity index (χ0) is 19.4. The van der Waals surface area contributed by atoms with E-state index in [1.54, 1.807) is 13.8 Å². The minimum atomic E-state index is -0.898. The Morgan fingerprint density at radius 2 is 1.88 bits per heavy atom. The van der Waals surface area contributed by atoms with Gasteiger partial charge in [0.05, 0.1) is 39.0 Å². The second-order valence-corrected chi connectivity index (χ2v) is 6.25. The first kappa shape index (κ1) is 20.3. The lowest BCUT2D eigenvalue weighted by Gasteiger charge is -2.26. The van der Waals surface area contributed by atoms with Gasteiger partial charge in [0.15, 0.2) is 5.69 Å². The minimum absolute atomic E-state index is 0.0366. The van der Waals surface area contributed by atoms with E-state index < -0.39 is 30.6 Å². The molecule has 26 heavy (non-hydrogen) atoms. The van der Waals surface area contributed by atoms with Crippen LogP contribution in [-0.4, -0.2) is 42.2 Å². The fourth-order valence-corrected chi connectivity index (χ4v) is 2.74. The number of hydrogen-bond donors (Lipinski definition) is 2. The van der Waals surface area contributed by atoms with E-state index in [0.29, 0.717) is 0 Å². The van der Waals surface area contributed by atoms with E-state index in [-0.39, 0.29) is 38.6 Å². The third-order valence-corrected chi connectivity index (χ3v) is 4.56. The molecule has 0 radical (unpaired) electrons. The predicted molar refractivity (Wildman–Crippen MR) is 94.3 cm³/mol. The van der Waals surface area contributed by atoms with Crippen molar-refractivity contribution < 1.29 is 23.9 Å². The van der Waals surface area contributed by atoms with E-state index in [1.165, 1.54) is 0 Å². The van der Waals surface area contributed by atoms with Gasteiger partial charge in [0.2, 0.25) is 0 Å². The number of carbonyl (C=O) groups is 3. The van der Waals surface area contributed by atoms with E-state index in [9.17, 15) is 14.4 Å². The van der Waals surface area contributed by atoms with Gasteiger partial charge in [0.1, 0.15) is 6.61 Å². The second kappa shape index (κ2) is 8.57. The smallest absolute Gasteiger partial charge is 0.358 e. The largest absolute Gasteiger partial charge is 0.463 e. The average Bonchev–Trinajstić information content (AvgIpc) is 2.57. The molecule has 11 heteroatoms. The van der Waals surface area contributed by atoms with Crippen molar-refractivity contribution in [2.75, 3.05) is 13.2 Å². The maximum absolute atomic E-state index is 12.2. The Balaban J connectivity index is 2.23. The number of nitrogens with zero attached hydrogens (tertiary/aromatic N) is 1. The molecule has 0 spiro atoms. The van der Waals surface area contributed by atoms with Gasteiger partial charge in [-0.2, -0.15) is 0 Å². The van der Waals surface area contributed by atoms with Crippen LogP contribution in [0.15, 0.2) is 17.5 Å². The van der Waals surface area contributed by atoms with Crippen LogP contribution >= 0.6 is 34.8 Å². The van der Waals surface area contributed by atoms with Crippen molar-refractivity contribution in [3.63, 3.8) is 0 Å². The van der Waals surface area contributed by atoms with Gasteiger partial charge in [-0.3, -0.25) is 0 Å². The Hall–Kier alpha value is -2.03. The number of halogens is 3. The first-order valence-electron chi connectivity index (χ1n) is 7.40. The molecule has 1 atom stereocenters. The SMILES string of the molecule is CCOC(=O)C1=C(COC(=O)c2ncc(Cl)c(Cl)c2Cl)NC(=O)N[C@@H]1C. The first-order chi connectivity index (χ1) is 12.3. The summed E-state index contributed by atoms with van der Waals surface area (Å²) in [5.41, 5.74) is 0.00402. The van der Waals surface area contributed by atoms with Crippen molar-refractivity contribution in [2.24, 2.45) is 0 Å². The standard InChI is InChI=1S/C15H14Cl3N3O5/c1-3-25-13(22)9-6(2)20-15(24)21-8(9)5-26-14(23)12-11(18)10(17)7(16)4-19-12/h4,6H,3,5H2,1-2H3,(H2,20,21,24)/t6-/m1/s1. The van der Waals surface area contributed by atoms with Gasteiger partial charge in [0.25, 0.3) is 0 Å². The number of urea groups is 1. The van der Waals surface area contributed by atoms with Crippen LogP contribution in [0.3, 0.4) is 0 Å². The molecule has 1 aromatic heterocycles. The molecular weight excluding hydrogens is 409 g/mol. The van der Waals surface area contributed by atoms with Crippen molar-refractivity contribution >= 4 is 52.8 Å². The molecule has 1 aromatic rings. The average molecular weight is 423 g/mol. The van der Waals surface area contributed by atoms with Crippen molar-refractivity contribution in [3.8, 4) is 0 Å². The molecule has 2 heterocycles. The Labute approximate surface area is 163 Å². The quantitative estimate of drug-likeness (QED) is 0.707. The number of nitrogens with one attached hydrogen (secondary N) is 2. The van der Waals surface area contributed by atoms with Gasteiger partial charge in [-0.25, -0.2) is 19.4 Å². The lowest BCUT2D eigenvalue weighted by molar-refractivity contribution is -0.139. The van der Waals surface area contributed by atoms with Crippen molar-refractivity contribution in [2.45, 2.75) is 19.9 Å². The molecule has 0 fully saturated rings. The van der Waals surface area contributed by atoms with E-state index in [4.69, 9.17) is 44.3 Å². The number of amides is 2. The van der Waals surface area contributed by atoms with Gasteiger partial charge in [-0.15, -0.1) is 0 Å². The predicted octanol–water partition coefficient (Wildman–Crippen LogP) is 2.72. The molecule has 0 saturated heterocycles. The number of esters is 2. The molecule has 0 saturated carbocycles. The monoisotopic (exact) mass is 421 g/mol. The number of carbonyl (C=O) groups excluding carboxylic acids is 3. The van der Waals surface area contributed by atoms with E-state index in [1.807, 2.05) is 0 Å². The fraction of sp³-hybridized carbons (Fsp3) is 0.333. The third kappa shape index (κ3) is 4.38. The molecule has 2 N–H and O–H groups in total. The second-order valence-electron chi connectivity index (χ2n) is 5.09. The minimum Gasteiger partial charge on any atom is -0.463 e. The van der Waals surface area contributed by atoms with Gasteiger partial charge >= 0.3 is 18.0 Å². The van der Waals surface area contributed by atoms with Crippen LogP contribution in [-0.2, 0) is 14.3 Å². The zero-order valence-electron chi connectivity index (χ0n) is 13.7. The summed E-state index contributed by atoms with van der Waals surface area (Å²) < 4.78 is 10.1. The van der Waals surface area contributed by atoms with Crippen LogP contribution in [0.25, 0.3) is 0 Å². The normalized spacial score (nSPS) is 16.7. The topological polar surface area (TPSA) is 107 Å². The summed E-state index contributed by atoms with van der Waals surface area (Å²) in [6.45, 7) is 3.00. The summed E-state index contributed by atoms with van der Waals surface area (Å²) in [5, 5.41) is 4.84. The highest BCUT2D eigenvalue weighted by Gasteiger charge is 2.30. The molecule has 0 aromatic carbocycles. The lowest BCUT2D eigenvalue weighted by atomic mass is 10.0. The third-order valence-electron chi connectivity index (χ3n) is 3.32. The van der Waals surface area contributed by atoms with Crippen LogP contribution < -0.4 is 10.6 Å². The summed E-state index contributed by atoms with van der Waals surface area (Å²) in [6, 6.07) is -1.16. The molecule has 8 nitrogen and oxygen atoms in total. The Kier molecular flexibility index (Phi) is 6.69. The Morgan fingerprint density at radius 3 is 2.54 bits per heavy atom. The van der Waals surface area contributed by atoms with Gasteiger partial charge in [-0.05, 0) is 13.8 Å². The van der Waals surface area contributed by atoms with Crippen LogP contribution in [0.5, 0.6) is 0 Å². The van der Waals surface area contributed by atoms with Crippen LogP contribution in [0.4, 0.5) is 4.79 Å². The maximum atomic E-state index is 12.2. The number of hydrogen-bond acceptors (Lipinski definition) is 6.